The lowest BCUT2D eigenvalue weighted by molar-refractivity contribution is 0.0521. The molecule has 0 bridgehead atoms. The number of azo groups is 1. The van der Waals surface area contributed by atoms with Crippen LogP contribution in [0.2, 0.25) is 0 Å². The van der Waals surface area contributed by atoms with Crippen molar-refractivity contribution < 1.29 is 14.3 Å². The Labute approximate surface area is 169 Å². The number of ether oxygens (including phenoxy) is 2. The van der Waals surface area contributed by atoms with E-state index in [1.54, 1.807) is 13.2 Å². The first-order valence-corrected chi connectivity index (χ1v) is 9.62. The average Bonchev–Trinajstić information content (AvgIpc) is 3.22. The lowest BCUT2D eigenvalue weighted by Gasteiger charge is -2.41. The molecule has 3 aromatic rings. The maximum Gasteiger partial charge on any atom is 0.200 e. The molecule has 3 aromatic carbocycles. The van der Waals surface area contributed by atoms with Crippen molar-refractivity contribution in [2.75, 3.05) is 13.7 Å². The summed E-state index contributed by atoms with van der Waals surface area (Å²) in [7, 11) is 1.64. The summed E-state index contributed by atoms with van der Waals surface area (Å²) < 4.78 is 11.8. The van der Waals surface area contributed by atoms with E-state index >= 15 is 0 Å². The van der Waals surface area contributed by atoms with E-state index < -0.39 is 11.6 Å². The van der Waals surface area contributed by atoms with Gasteiger partial charge in [0, 0.05) is 5.92 Å². The number of methoxy groups -OCH3 is 1. The number of benzene rings is 3. The van der Waals surface area contributed by atoms with Crippen LogP contribution >= 0.6 is 0 Å². The highest BCUT2D eigenvalue weighted by atomic mass is 16.5. The highest BCUT2D eigenvalue weighted by Crippen LogP contribution is 2.53. The summed E-state index contributed by atoms with van der Waals surface area (Å²) in [5.74, 6) is 1.03. The van der Waals surface area contributed by atoms with Gasteiger partial charge in [-0.3, -0.25) is 4.79 Å². The number of hydrogen-bond donors (Lipinski definition) is 0. The predicted octanol–water partition coefficient (Wildman–Crippen LogP) is 5.00. The third-order valence-corrected chi connectivity index (χ3v) is 5.77. The van der Waals surface area contributed by atoms with Gasteiger partial charge >= 0.3 is 0 Å². The summed E-state index contributed by atoms with van der Waals surface area (Å²) in [6.45, 7) is 0.424. The van der Waals surface area contributed by atoms with Gasteiger partial charge in [-0.25, -0.2) is 0 Å². The van der Waals surface area contributed by atoms with Crippen molar-refractivity contribution in [1.82, 2.24) is 0 Å². The van der Waals surface area contributed by atoms with E-state index in [-0.39, 0.29) is 11.7 Å². The largest absolute Gasteiger partial charge is 0.497 e. The van der Waals surface area contributed by atoms with Crippen LogP contribution in [0.15, 0.2) is 89.1 Å². The third kappa shape index (κ3) is 2.65. The van der Waals surface area contributed by atoms with Gasteiger partial charge in [0.25, 0.3) is 0 Å². The second-order valence-corrected chi connectivity index (χ2v) is 7.31. The molecule has 29 heavy (non-hydrogen) atoms. The summed E-state index contributed by atoms with van der Waals surface area (Å²) in [5, 5.41) is 8.94. The molecule has 5 nitrogen and oxygen atoms in total. The highest BCUT2D eigenvalue weighted by molar-refractivity contribution is 6.08. The van der Waals surface area contributed by atoms with Crippen LogP contribution in [0, 0.1) is 0 Å². The minimum atomic E-state index is -1.15. The Balaban J connectivity index is 1.71. The molecule has 2 heterocycles. The molecule has 3 atom stereocenters. The summed E-state index contributed by atoms with van der Waals surface area (Å²) in [6.07, 6.45) is -0.562. The smallest absolute Gasteiger partial charge is 0.200 e. The lowest BCUT2D eigenvalue weighted by atomic mass is 9.69. The zero-order chi connectivity index (χ0) is 19.8. The van der Waals surface area contributed by atoms with E-state index in [0.29, 0.717) is 17.9 Å². The molecule has 0 fully saturated rings. The van der Waals surface area contributed by atoms with Crippen molar-refractivity contribution in [3.8, 4) is 11.5 Å². The van der Waals surface area contributed by atoms with Gasteiger partial charge in [-0.05, 0) is 35.4 Å². The van der Waals surface area contributed by atoms with Crippen molar-refractivity contribution in [2.24, 2.45) is 10.2 Å². The first-order chi connectivity index (χ1) is 14.2. The molecular weight excluding hydrogens is 364 g/mol. The van der Waals surface area contributed by atoms with E-state index in [2.05, 4.69) is 10.2 Å². The maximum absolute atomic E-state index is 13.9. The zero-order valence-electron chi connectivity index (χ0n) is 16.0. The van der Waals surface area contributed by atoms with Crippen LogP contribution in [-0.4, -0.2) is 25.0 Å². The fourth-order valence-electron chi connectivity index (χ4n) is 4.36. The van der Waals surface area contributed by atoms with Gasteiger partial charge in [0.1, 0.15) is 11.5 Å². The molecule has 5 heteroatoms. The van der Waals surface area contributed by atoms with Gasteiger partial charge in [-0.15, -0.1) is 0 Å². The first-order valence-electron chi connectivity index (χ1n) is 9.62. The van der Waals surface area contributed by atoms with Crippen LogP contribution in [-0.2, 0) is 0 Å². The Morgan fingerprint density at radius 2 is 1.72 bits per heavy atom. The molecule has 0 aliphatic carbocycles. The quantitative estimate of drug-likeness (QED) is 0.638. The first kappa shape index (κ1) is 17.6. The number of fused-ring (bicyclic) bond motifs is 1. The highest BCUT2D eigenvalue weighted by Gasteiger charge is 2.60. The number of rotatable bonds is 3. The molecule has 2 aliphatic heterocycles. The van der Waals surface area contributed by atoms with E-state index in [4.69, 9.17) is 9.47 Å². The van der Waals surface area contributed by atoms with Crippen molar-refractivity contribution in [1.29, 1.82) is 0 Å². The molecule has 0 saturated heterocycles. The Morgan fingerprint density at radius 1 is 0.966 bits per heavy atom. The van der Waals surface area contributed by atoms with Crippen LogP contribution < -0.4 is 9.47 Å². The van der Waals surface area contributed by atoms with Gasteiger partial charge in [0.15, 0.2) is 11.6 Å². The predicted molar refractivity (Wildman–Crippen MR) is 109 cm³/mol. The monoisotopic (exact) mass is 384 g/mol. The summed E-state index contributed by atoms with van der Waals surface area (Å²) in [5.41, 5.74) is 1.27. The Kier molecular flexibility index (Phi) is 4.16. The normalized spacial score (nSPS) is 24.9. The van der Waals surface area contributed by atoms with Gasteiger partial charge < -0.3 is 9.47 Å². The van der Waals surface area contributed by atoms with Crippen LogP contribution in [0.3, 0.4) is 0 Å². The van der Waals surface area contributed by atoms with Crippen LogP contribution in [0.4, 0.5) is 0 Å². The molecule has 0 radical (unpaired) electrons. The second-order valence-electron chi connectivity index (χ2n) is 7.31. The summed E-state index contributed by atoms with van der Waals surface area (Å²) in [6, 6.07) is 24.9. The fourth-order valence-corrected chi connectivity index (χ4v) is 4.36. The number of ketones is 1. The SMILES string of the molecule is COc1cccc(C2CN=NC23C(=O)c2ccccc2OC3c2ccccc2)c1. The molecule has 0 amide bonds. The topological polar surface area (TPSA) is 60.2 Å². The zero-order valence-corrected chi connectivity index (χ0v) is 16.0. The lowest BCUT2D eigenvalue weighted by Crippen LogP contribution is -2.51. The number of para-hydroxylation sites is 1. The van der Waals surface area contributed by atoms with Crippen molar-refractivity contribution in [3.63, 3.8) is 0 Å². The molecule has 0 aromatic heterocycles. The molecule has 0 saturated carbocycles. The van der Waals surface area contributed by atoms with Crippen LogP contribution in [0.25, 0.3) is 0 Å². The Morgan fingerprint density at radius 3 is 2.55 bits per heavy atom. The maximum atomic E-state index is 13.9. The van der Waals surface area contributed by atoms with Gasteiger partial charge in [-0.2, -0.15) is 10.2 Å². The standard InChI is InChI=1S/C24H20N2O3/c1-28-18-11-7-10-17(14-18)20-15-25-26-24(20)22(27)19-12-5-6-13-21(19)29-23(24)16-8-3-2-4-9-16/h2-14,20,23H,15H2,1H3. The average molecular weight is 384 g/mol. The van der Waals surface area contributed by atoms with Gasteiger partial charge in [-0.1, -0.05) is 54.6 Å². The van der Waals surface area contributed by atoms with E-state index in [0.717, 1.165) is 16.9 Å². The second kappa shape index (κ2) is 6.85. The molecule has 5 rings (SSSR count). The molecule has 2 aliphatic rings. The molecular formula is C24H20N2O3. The molecule has 0 N–H and O–H groups in total. The fraction of sp³-hybridized carbons (Fsp3) is 0.208. The molecule has 1 spiro atoms. The van der Waals surface area contributed by atoms with Crippen molar-refractivity contribution >= 4 is 5.78 Å². The number of Topliss-reactive ketones (excluding diaryl/α,β-unsaturated/α-hetero) is 1. The number of nitrogens with zero attached hydrogens (tertiary/aromatic N) is 2. The van der Waals surface area contributed by atoms with E-state index in [9.17, 15) is 4.79 Å². The minimum absolute atomic E-state index is 0.0535. The Bertz CT molecular complexity index is 1100. The Hall–Kier alpha value is -3.47. The van der Waals surface area contributed by atoms with Gasteiger partial charge in [0.2, 0.25) is 5.78 Å². The van der Waals surface area contributed by atoms with E-state index in [1.165, 1.54) is 0 Å². The van der Waals surface area contributed by atoms with E-state index in [1.807, 2.05) is 72.8 Å². The van der Waals surface area contributed by atoms with Crippen LogP contribution in [0.5, 0.6) is 11.5 Å². The minimum Gasteiger partial charge on any atom is -0.497 e. The van der Waals surface area contributed by atoms with Gasteiger partial charge in [0.05, 0.1) is 19.2 Å². The van der Waals surface area contributed by atoms with Crippen LogP contribution in [0.1, 0.15) is 33.5 Å². The number of hydrogen-bond acceptors (Lipinski definition) is 5. The molecule has 3 unspecified atom stereocenters. The number of carbonyl (C=O) groups excluding carboxylic acids is 1. The van der Waals surface area contributed by atoms with Crippen molar-refractivity contribution in [2.45, 2.75) is 17.6 Å². The third-order valence-electron chi connectivity index (χ3n) is 5.77. The summed E-state index contributed by atoms with van der Waals surface area (Å²) in [4.78, 5) is 13.9. The van der Waals surface area contributed by atoms with Crippen molar-refractivity contribution in [3.05, 3.63) is 95.6 Å². The summed E-state index contributed by atoms with van der Waals surface area (Å²) >= 11 is 0. The molecule has 144 valence electrons. The number of carbonyl (C=O) groups is 1.